The topological polar surface area (TPSA) is 92.2 Å². The number of carbonyl (C=O) groups excluding carboxylic acids is 1. The van der Waals surface area contributed by atoms with Gasteiger partial charge in [0.25, 0.3) is 0 Å². The highest BCUT2D eigenvalue weighted by Gasteiger charge is 2.31. The van der Waals surface area contributed by atoms with Crippen LogP contribution >= 0.6 is 0 Å². The third-order valence-electron chi connectivity index (χ3n) is 5.62. The highest BCUT2D eigenvalue weighted by atomic mass is 16.5. The van der Waals surface area contributed by atoms with Crippen molar-refractivity contribution >= 4 is 11.9 Å². The van der Waals surface area contributed by atoms with Crippen LogP contribution in [0.4, 0.5) is 0 Å². The van der Waals surface area contributed by atoms with Gasteiger partial charge in [0.05, 0.1) is 20.8 Å². The summed E-state index contributed by atoms with van der Waals surface area (Å²) in [6.07, 6.45) is 6.85. The Kier molecular flexibility index (Phi) is 9.25. The number of benzene rings is 1. The van der Waals surface area contributed by atoms with Crippen LogP contribution in [-0.2, 0) is 11.3 Å². The maximum Gasteiger partial charge on any atom is 0.341 e. The van der Waals surface area contributed by atoms with Crippen LogP contribution in [0.2, 0.25) is 0 Å². The van der Waals surface area contributed by atoms with Crippen molar-refractivity contribution in [1.29, 1.82) is 0 Å². The lowest BCUT2D eigenvalue weighted by Crippen LogP contribution is -2.44. The number of aliphatic hydroxyl groups excluding tert-OH is 1. The van der Waals surface area contributed by atoms with Crippen LogP contribution in [0.1, 0.15) is 61.4 Å². The number of methoxy groups -OCH3 is 2. The Balaban J connectivity index is 2.07. The normalized spacial score (nSPS) is 16.2. The second-order valence-electron chi connectivity index (χ2n) is 7.61. The second kappa shape index (κ2) is 11.7. The van der Waals surface area contributed by atoms with Crippen molar-refractivity contribution in [2.45, 2.75) is 52.0 Å². The van der Waals surface area contributed by atoms with Crippen LogP contribution in [0.5, 0.6) is 5.75 Å². The molecule has 1 aromatic rings. The Bertz CT molecular complexity index is 679. The summed E-state index contributed by atoms with van der Waals surface area (Å²) >= 11 is 0. The molecule has 0 aliphatic heterocycles. The van der Waals surface area contributed by atoms with Gasteiger partial charge in [0, 0.05) is 19.7 Å². The Labute approximate surface area is 173 Å². The molecule has 29 heavy (non-hydrogen) atoms. The van der Waals surface area contributed by atoms with E-state index in [1.807, 2.05) is 19.1 Å². The number of hydrogen-bond donors (Lipinski definition) is 3. The first-order valence-corrected chi connectivity index (χ1v) is 10.5. The van der Waals surface area contributed by atoms with E-state index in [2.05, 4.69) is 15.6 Å². The average Bonchev–Trinajstić information content (AvgIpc) is 2.75. The van der Waals surface area contributed by atoms with Crippen molar-refractivity contribution in [3.8, 4) is 5.75 Å². The Morgan fingerprint density at radius 3 is 2.59 bits per heavy atom. The van der Waals surface area contributed by atoms with E-state index in [1.54, 1.807) is 6.07 Å². The lowest BCUT2D eigenvalue weighted by molar-refractivity contribution is 0.0597. The summed E-state index contributed by atoms with van der Waals surface area (Å²) in [6.45, 7) is 4.30. The van der Waals surface area contributed by atoms with E-state index in [0.29, 0.717) is 17.9 Å². The lowest BCUT2D eigenvalue weighted by Gasteiger charge is -2.37. The molecule has 1 aromatic carbocycles. The predicted octanol–water partition coefficient (Wildman–Crippen LogP) is 2.87. The molecular weight excluding hydrogens is 370 g/mol. The van der Waals surface area contributed by atoms with Gasteiger partial charge in [-0.15, -0.1) is 0 Å². The zero-order chi connectivity index (χ0) is 21.1. The minimum absolute atomic E-state index is 0.147. The molecule has 0 aromatic heterocycles. The van der Waals surface area contributed by atoms with Crippen LogP contribution in [0, 0.1) is 5.41 Å². The van der Waals surface area contributed by atoms with E-state index in [1.165, 1.54) is 33.5 Å². The molecule has 0 atom stereocenters. The molecule has 7 nitrogen and oxygen atoms in total. The Hall–Kier alpha value is -2.28. The molecule has 0 radical (unpaired) electrons. The van der Waals surface area contributed by atoms with Gasteiger partial charge in [-0.2, -0.15) is 0 Å². The quantitative estimate of drug-likeness (QED) is 0.332. The summed E-state index contributed by atoms with van der Waals surface area (Å²) in [5.41, 5.74) is 1.49. The summed E-state index contributed by atoms with van der Waals surface area (Å²) in [5, 5.41) is 16.3. The lowest BCUT2D eigenvalue weighted by atomic mass is 9.72. The van der Waals surface area contributed by atoms with E-state index in [9.17, 15) is 9.90 Å². The van der Waals surface area contributed by atoms with Crippen molar-refractivity contribution in [2.75, 3.05) is 33.9 Å². The number of aliphatic imine (C=N–C) groups is 1. The molecule has 1 saturated carbocycles. The van der Waals surface area contributed by atoms with Crippen molar-refractivity contribution in [2.24, 2.45) is 10.4 Å². The number of guanidine groups is 1. The van der Waals surface area contributed by atoms with Crippen molar-refractivity contribution in [1.82, 2.24) is 10.6 Å². The summed E-state index contributed by atoms with van der Waals surface area (Å²) in [7, 11) is 2.88. The number of carbonyl (C=O) groups is 1. The van der Waals surface area contributed by atoms with Gasteiger partial charge in [0.1, 0.15) is 11.3 Å². The molecular formula is C22H35N3O4. The van der Waals surface area contributed by atoms with Crippen molar-refractivity contribution in [3.05, 3.63) is 29.3 Å². The maximum absolute atomic E-state index is 11.8. The molecule has 162 valence electrons. The van der Waals surface area contributed by atoms with E-state index >= 15 is 0 Å². The zero-order valence-corrected chi connectivity index (χ0v) is 17.9. The van der Waals surface area contributed by atoms with Gasteiger partial charge in [0.15, 0.2) is 5.96 Å². The van der Waals surface area contributed by atoms with Gasteiger partial charge in [0.2, 0.25) is 0 Å². The van der Waals surface area contributed by atoms with Crippen molar-refractivity contribution < 1.29 is 19.4 Å². The molecule has 0 heterocycles. The highest BCUT2D eigenvalue weighted by Crippen LogP contribution is 2.38. The van der Waals surface area contributed by atoms with Gasteiger partial charge < -0.3 is 25.2 Å². The summed E-state index contributed by atoms with van der Waals surface area (Å²) in [4.78, 5) is 16.5. The number of ether oxygens (including phenoxy) is 2. The fourth-order valence-electron chi connectivity index (χ4n) is 3.95. The first kappa shape index (κ1) is 23.0. The smallest absolute Gasteiger partial charge is 0.341 e. The third-order valence-corrected chi connectivity index (χ3v) is 5.62. The molecule has 1 fully saturated rings. The predicted molar refractivity (Wildman–Crippen MR) is 114 cm³/mol. The molecule has 0 unspecified atom stereocenters. The van der Waals surface area contributed by atoms with Gasteiger partial charge >= 0.3 is 5.97 Å². The fraction of sp³-hybridized carbons (Fsp3) is 0.636. The number of esters is 1. The van der Waals surface area contributed by atoms with Gasteiger partial charge in [-0.1, -0.05) is 25.3 Å². The molecule has 0 saturated heterocycles. The first-order chi connectivity index (χ1) is 14.1. The average molecular weight is 406 g/mol. The fourth-order valence-corrected chi connectivity index (χ4v) is 3.95. The van der Waals surface area contributed by atoms with Gasteiger partial charge in [-0.05, 0) is 49.3 Å². The maximum atomic E-state index is 11.8. The minimum atomic E-state index is -0.423. The molecule has 3 N–H and O–H groups in total. The highest BCUT2D eigenvalue weighted by molar-refractivity contribution is 5.92. The van der Waals surface area contributed by atoms with Crippen LogP contribution in [0.25, 0.3) is 0 Å². The van der Waals surface area contributed by atoms with Gasteiger partial charge in [-0.25, -0.2) is 9.79 Å². The summed E-state index contributed by atoms with van der Waals surface area (Å²) in [6, 6.07) is 5.37. The molecule has 0 bridgehead atoms. The zero-order valence-electron chi connectivity index (χ0n) is 17.9. The third kappa shape index (κ3) is 6.63. The van der Waals surface area contributed by atoms with Crippen LogP contribution in [0.3, 0.4) is 0 Å². The first-order valence-electron chi connectivity index (χ1n) is 10.5. The molecule has 1 aliphatic carbocycles. The standard InChI is InChI=1S/C22H35N3O4/c1-4-23-21(25-16-22(12-13-26)10-6-5-7-11-22)24-15-17-8-9-18(20(27)29-3)19(14-17)28-2/h8-9,14,26H,4-7,10-13,15-16H2,1-3H3,(H2,23,24,25). The number of aliphatic hydroxyl groups is 1. The van der Waals surface area contributed by atoms with Gasteiger partial charge in [-0.3, -0.25) is 0 Å². The number of nitrogens with zero attached hydrogens (tertiary/aromatic N) is 1. The van der Waals surface area contributed by atoms with E-state index < -0.39 is 5.97 Å². The Morgan fingerprint density at radius 2 is 1.97 bits per heavy atom. The van der Waals surface area contributed by atoms with Crippen molar-refractivity contribution in [3.63, 3.8) is 0 Å². The largest absolute Gasteiger partial charge is 0.496 e. The van der Waals surface area contributed by atoms with Crippen LogP contribution < -0.4 is 15.4 Å². The monoisotopic (exact) mass is 405 g/mol. The summed E-state index contributed by atoms with van der Waals surface area (Å²) < 4.78 is 10.1. The van der Waals surface area contributed by atoms with E-state index in [4.69, 9.17) is 9.47 Å². The SMILES string of the molecule is CCNC(=NCc1ccc(C(=O)OC)c(OC)c1)NCC1(CCO)CCCCC1. The number of hydrogen-bond acceptors (Lipinski definition) is 5. The molecule has 0 spiro atoms. The minimum Gasteiger partial charge on any atom is -0.496 e. The molecule has 7 heteroatoms. The van der Waals surface area contributed by atoms with E-state index in [0.717, 1.165) is 43.9 Å². The molecule has 1 aliphatic rings. The van der Waals surface area contributed by atoms with Crippen LogP contribution in [-0.4, -0.2) is 51.0 Å². The Morgan fingerprint density at radius 1 is 1.21 bits per heavy atom. The van der Waals surface area contributed by atoms with E-state index in [-0.39, 0.29) is 12.0 Å². The summed E-state index contributed by atoms with van der Waals surface area (Å²) in [5.74, 6) is 0.812. The number of nitrogens with one attached hydrogen (secondary N) is 2. The molecule has 2 rings (SSSR count). The number of rotatable bonds is 9. The second-order valence-corrected chi connectivity index (χ2v) is 7.61. The molecule has 0 amide bonds. The van der Waals surface area contributed by atoms with Crippen LogP contribution in [0.15, 0.2) is 23.2 Å².